The van der Waals surface area contributed by atoms with Gasteiger partial charge < -0.3 is 15.2 Å². The Kier molecular flexibility index (Phi) is 7.18. The van der Waals surface area contributed by atoms with E-state index in [0.29, 0.717) is 6.61 Å². The maximum atomic E-state index is 11.7. The molecule has 1 rings (SSSR count). The Balaban J connectivity index is 2.74. The van der Waals surface area contributed by atoms with Gasteiger partial charge >= 0.3 is 5.97 Å². The first-order chi connectivity index (χ1) is 10.1. The normalized spacial score (nSPS) is 10.8. The zero-order chi connectivity index (χ0) is 15.7. The van der Waals surface area contributed by atoms with Crippen molar-refractivity contribution in [1.82, 2.24) is 0 Å². The average Bonchev–Trinajstić information content (AvgIpc) is 2.46. The second kappa shape index (κ2) is 8.92. The second-order valence-electron chi connectivity index (χ2n) is 4.54. The highest BCUT2D eigenvalue weighted by Crippen LogP contribution is 2.19. The van der Waals surface area contributed by atoms with Gasteiger partial charge in [0, 0.05) is 18.4 Å². The van der Waals surface area contributed by atoms with Crippen LogP contribution in [-0.2, 0) is 20.7 Å². The van der Waals surface area contributed by atoms with Gasteiger partial charge in [-0.15, -0.1) is 0 Å². The summed E-state index contributed by atoms with van der Waals surface area (Å²) in [6.07, 6.45) is 4.22. The summed E-state index contributed by atoms with van der Waals surface area (Å²) in [6, 6.07) is 5.40. The van der Waals surface area contributed by atoms with Gasteiger partial charge in [0.25, 0.3) is 0 Å². The van der Waals surface area contributed by atoms with Gasteiger partial charge in [0.2, 0.25) is 5.91 Å². The molecule has 0 aliphatic carbocycles. The van der Waals surface area contributed by atoms with Gasteiger partial charge in [0.05, 0.1) is 0 Å². The van der Waals surface area contributed by atoms with Crippen LogP contribution in [0.5, 0.6) is 0 Å². The van der Waals surface area contributed by atoms with Crippen LogP contribution in [0.4, 0.5) is 5.69 Å². The number of rotatable bonds is 8. The van der Waals surface area contributed by atoms with Crippen molar-refractivity contribution < 1.29 is 19.4 Å². The number of aliphatic carboxylic acids is 1. The van der Waals surface area contributed by atoms with E-state index < -0.39 is 5.97 Å². The molecule has 0 unspecified atom stereocenters. The van der Waals surface area contributed by atoms with Crippen molar-refractivity contribution >= 4 is 23.6 Å². The summed E-state index contributed by atoms with van der Waals surface area (Å²) in [5, 5.41) is 11.4. The first-order valence-corrected chi connectivity index (χ1v) is 6.98. The molecule has 2 N–H and O–H groups in total. The van der Waals surface area contributed by atoms with Crippen molar-refractivity contribution in [3.05, 3.63) is 35.4 Å². The Labute approximate surface area is 124 Å². The van der Waals surface area contributed by atoms with E-state index in [1.54, 1.807) is 12.1 Å². The summed E-state index contributed by atoms with van der Waals surface area (Å²) in [5.74, 6) is -1.18. The van der Waals surface area contributed by atoms with Crippen molar-refractivity contribution in [1.29, 1.82) is 0 Å². The summed E-state index contributed by atoms with van der Waals surface area (Å²) in [4.78, 5) is 22.2. The number of ether oxygens (including phenoxy) is 1. The molecule has 0 atom stereocenters. The van der Waals surface area contributed by atoms with E-state index in [1.165, 1.54) is 6.08 Å². The SMILES string of the molecule is CCCOCC(=O)Nc1ccc(/C=C/C(=O)O)cc1CC. The molecule has 0 spiro atoms. The number of anilines is 1. The van der Waals surface area contributed by atoms with Crippen LogP contribution in [0.15, 0.2) is 24.3 Å². The molecule has 0 saturated heterocycles. The summed E-state index contributed by atoms with van der Waals surface area (Å²) >= 11 is 0. The number of carbonyl (C=O) groups excluding carboxylic acids is 1. The number of aryl methyl sites for hydroxylation is 1. The summed E-state index contributed by atoms with van der Waals surface area (Å²) < 4.78 is 5.19. The van der Waals surface area contributed by atoms with Crippen molar-refractivity contribution in [2.75, 3.05) is 18.5 Å². The Morgan fingerprint density at radius 3 is 2.71 bits per heavy atom. The first-order valence-electron chi connectivity index (χ1n) is 6.98. The number of hydrogen-bond acceptors (Lipinski definition) is 3. The van der Waals surface area contributed by atoms with E-state index >= 15 is 0 Å². The lowest BCUT2D eigenvalue weighted by Crippen LogP contribution is -2.19. The topological polar surface area (TPSA) is 75.6 Å². The largest absolute Gasteiger partial charge is 0.478 e. The highest BCUT2D eigenvalue weighted by molar-refractivity contribution is 5.92. The number of carbonyl (C=O) groups is 2. The van der Waals surface area contributed by atoms with Gasteiger partial charge in [-0.1, -0.05) is 19.9 Å². The van der Waals surface area contributed by atoms with Crippen molar-refractivity contribution in [2.24, 2.45) is 0 Å². The number of nitrogens with one attached hydrogen (secondary N) is 1. The van der Waals surface area contributed by atoms with Gasteiger partial charge in [0.1, 0.15) is 6.61 Å². The van der Waals surface area contributed by atoms with E-state index in [2.05, 4.69) is 5.32 Å². The van der Waals surface area contributed by atoms with Gasteiger partial charge in [-0.3, -0.25) is 4.79 Å². The fourth-order valence-electron chi connectivity index (χ4n) is 1.79. The second-order valence-corrected chi connectivity index (χ2v) is 4.54. The third-order valence-corrected chi connectivity index (χ3v) is 2.78. The van der Waals surface area contributed by atoms with Crippen LogP contribution >= 0.6 is 0 Å². The highest BCUT2D eigenvalue weighted by atomic mass is 16.5. The molecular weight excluding hydrogens is 270 g/mol. The van der Waals surface area contributed by atoms with Crippen LogP contribution in [0.1, 0.15) is 31.4 Å². The summed E-state index contributed by atoms with van der Waals surface area (Å²) in [7, 11) is 0. The predicted molar refractivity (Wildman–Crippen MR) is 82.2 cm³/mol. The fourth-order valence-corrected chi connectivity index (χ4v) is 1.79. The van der Waals surface area contributed by atoms with Crippen molar-refractivity contribution in [3.63, 3.8) is 0 Å². The number of amides is 1. The minimum atomic E-state index is -0.987. The van der Waals surface area contributed by atoms with Crippen molar-refractivity contribution in [2.45, 2.75) is 26.7 Å². The molecule has 1 aromatic rings. The van der Waals surface area contributed by atoms with E-state index in [1.807, 2.05) is 19.9 Å². The third kappa shape index (κ3) is 6.23. The quantitative estimate of drug-likeness (QED) is 0.570. The molecule has 0 heterocycles. The van der Waals surface area contributed by atoms with Crippen LogP contribution in [0, 0.1) is 0 Å². The van der Waals surface area contributed by atoms with Crippen LogP contribution in [-0.4, -0.2) is 30.2 Å². The molecule has 0 bridgehead atoms. The Morgan fingerprint density at radius 1 is 1.33 bits per heavy atom. The molecule has 5 heteroatoms. The summed E-state index contributed by atoms with van der Waals surface area (Å²) in [5.41, 5.74) is 2.47. The molecule has 114 valence electrons. The smallest absolute Gasteiger partial charge is 0.328 e. The Morgan fingerprint density at radius 2 is 2.10 bits per heavy atom. The van der Waals surface area contributed by atoms with Crippen LogP contribution in [0.2, 0.25) is 0 Å². The fraction of sp³-hybridized carbons (Fsp3) is 0.375. The number of benzene rings is 1. The standard InChI is InChI=1S/C16H21NO4/c1-3-9-21-11-15(18)17-14-7-5-12(6-8-16(19)20)10-13(14)4-2/h5-8,10H,3-4,9,11H2,1-2H3,(H,17,18)(H,19,20)/b8-6+. The zero-order valence-corrected chi connectivity index (χ0v) is 12.4. The van der Waals surface area contributed by atoms with Crippen LogP contribution in [0.25, 0.3) is 6.08 Å². The van der Waals surface area contributed by atoms with E-state index in [4.69, 9.17) is 9.84 Å². The molecule has 0 saturated carbocycles. The summed E-state index contributed by atoms with van der Waals surface area (Å²) in [6.45, 7) is 4.56. The number of hydrogen-bond donors (Lipinski definition) is 2. The lowest BCUT2D eigenvalue weighted by atomic mass is 10.1. The predicted octanol–water partition coefficient (Wildman–Crippen LogP) is 2.71. The third-order valence-electron chi connectivity index (χ3n) is 2.78. The minimum Gasteiger partial charge on any atom is -0.478 e. The molecule has 5 nitrogen and oxygen atoms in total. The van der Waals surface area contributed by atoms with E-state index in [-0.39, 0.29) is 12.5 Å². The molecule has 1 aromatic carbocycles. The Bertz CT molecular complexity index is 523. The number of carboxylic acid groups (broad SMARTS) is 1. The monoisotopic (exact) mass is 291 g/mol. The van der Waals surface area contributed by atoms with Crippen LogP contribution < -0.4 is 5.32 Å². The van der Waals surface area contributed by atoms with Gasteiger partial charge in [-0.25, -0.2) is 4.79 Å². The highest BCUT2D eigenvalue weighted by Gasteiger charge is 2.06. The molecular formula is C16H21NO4. The van der Waals surface area contributed by atoms with Crippen molar-refractivity contribution in [3.8, 4) is 0 Å². The maximum absolute atomic E-state index is 11.7. The van der Waals surface area contributed by atoms with Gasteiger partial charge in [-0.2, -0.15) is 0 Å². The molecule has 0 aliphatic rings. The first kappa shape index (κ1) is 16.9. The molecule has 0 aromatic heterocycles. The maximum Gasteiger partial charge on any atom is 0.328 e. The van der Waals surface area contributed by atoms with E-state index in [9.17, 15) is 9.59 Å². The van der Waals surface area contributed by atoms with Gasteiger partial charge in [0.15, 0.2) is 0 Å². The van der Waals surface area contributed by atoms with Crippen LogP contribution in [0.3, 0.4) is 0 Å². The molecule has 21 heavy (non-hydrogen) atoms. The molecule has 0 fully saturated rings. The molecule has 0 aliphatic heterocycles. The van der Waals surface area contributed by atoms with E-state index in [0.717, 1.165) is 35.7 Å². The van der Waals surface area contributed by atoms with Gasteiger partial charge in [-0.05, 0) is 42.2 Å². The average molecular weight is 291 g/mol. The minimum absolute atomic E-state index is 0.0393. The Hall–Kier alpha value is -2.14. The lowest BCUT2D eigenvalue weighted by molar-refractivity contribution is -0.131. The lowest BCUT2D eigenvalue weighted by Gasteiger charge is -2.11. The molecule has 0 radical (unpaired) electrons. The number of carboxylic acids is 1. The zero-order valence-electron chi connectivity index (χ0n) is 12.4. The molecule has 1 amide bonds.